The summed E-state index contributed by atoms with van der Waals surface area (Å²) < 4.78 is 0. The molecule has 0 saturated heterocycles. The lowest BCUT2D eigenvalue weighted by atomic mass is 10.1. The highest BCUT2D eigenvalue weighted by atomic mass is 35.5. The van der Waals surface area contributed by atoms with E-state index in [0.717, 1.165) is 16.5 Å². The van der Waals surface area contributed by atoms with Crippen LogP contribution in [0.5, 0.6) is 0 Å². The third-order valence-corrected chi connectivity index (χ3v) is 1.96. The van der Waals surface area contributed by atoms with Crippen molar-refractivity contribution in [1.29, 1.82) is 0 Å². The van der Waals surface area contributed by atoms with E-state index in [4.69, 9.17) is 5.73 Å². The molecule has 0 saturated carbocycles. The molecule has 0 unspecified atom stereocenters. The van der Waals surface area contributed by atoms with E-state index in [0.29, 0.717) is 6.54 Å². The minimum absolute atomic E-state index is 0. The Labute approximate surface area is 95.3 Å². The third-order valence-electron chi connectivity index (χ3n) is 1.96. The van der Waals surface area contributed by atoms with Crippen molar-refractivity contribution in [3.8, 4) is 0 Å². The second-order valence-electron chi connectivity index (χ2n) is 2.69. The van der Waals surface area contributed by atoms with Crippen LogP contribution in [0, 0.1) is 0 Å². The molecule has 1 aromatic carbocycles. The molecule has 0 atom stereocenters. The molecule has 1 heterocycles. The summed E-state index contributed by atoms with van der Waals surface area (Å²) in [4.78, 5) is 4.23. The van der Waals surface area contributed by atoms with Crippen LogP contribution in [-0.4, -0.2) is 4.98 Å². The van der Waals surface area contributed by atoms with Crippen LogP contribution in [0.3, 0.4) is 0 Å². The molecule has 4 heteroatoms. The van der Waals surface area contributed by atoms with Gasteiger partial charge < -0.3 is 5.73 Å². The Morgan fingerprint density at radius 1 is 1.07 bits per heavy atom. The fraction of sp³-hybridized carbons (Fsp3) is 0.100. The van der Waals surface area contributed by atoms with Gasteiger partial charge in [-0.1, -0.05) is 18.2 Å². The van der Waals surface area contributed by atoms with E-state index in [9.17, 15) is 0 Å². The van der Waals surface area contributed by atoms with E-state index < -0.39 is 0 Å². The fourth-order valence-electron chi connectivity index (χ4n) is 1.33. The zero-order chi connectivity index (χ0) is 8.39. The summed E-state index contributed by atoms with van der Waals surface area (Å²) in [5.41, 5.74) is 7.76. The van der Waals surface area contributed by atoms with E-state index >= 15 is 0 Å². The lowest BCUT2D eigenvalue weighted by Crippen LogP contribution is -1.97. The maximum Gasteiger partial charge on any atom is 0.0705 e. The Hall–Kier alpha value is -0.830. The van der Waals surface area contributed by atoms with E-state index in [1.54, 1.807) is 6.20 Å². The van der Waals surface area contributed by atoms with Crippen molar-refractivity contribution in [3.05, 3.63) is 42.1 Å². The predicted octanol–water partition coefficient (Wildman–Crippen LogP) is 2.54. The van der Waals surface area contributed by atoms with Crippen molar-refractivity contribution < 1.29 is 0 Å². The monoisotopic (exact) mass is 230 g/mol. The highest BCUT2D eigenvalue weighted by Crippen LogP contribution is 2.14. The SMILES string of the molecule is Cl.Cl.NCc1ccnc2ccccc12. The largest absolute Gasteiger partial charge is 0.326 e. The van der Waals surface area contributed by atoms with Crippen molar-refractivity contribution >= 4 is 35.7 Å². The Bertz CT molecular complexity index is 399. The fourth-order valence-corrected chi connectivity index (χ4v) is 1.33. The van der Waals surface area contributed by atoms with Crippen molar-refractivity contribution in [2.24, 2.45) is 5.73 Å². The smallest absolute Gasteiger partial charge is 0.0705 e. The summed E-state index contributed by atoms with van der Waals surface area (Å²) in [6, 6.07) is 9.99. The number of nitrogens with two attached hydrogens (primary N) is 1. The first kappa shape index (κ1) is 13.2. The lowest BCUT2D eigenvalue weighted by Gasteiger charge is -2.01. The molecule has 0 spiro atoms. The number of nitrogens with zero attached hydrogens (tertiary/aromatic N) is 1. The molecule has 2 rings (SSSR count). The quantitative estimate of drug-likeness (QED) is 0.819. The molecule has 0 aliphatic rings. The minimum Gasteiger partial charge on any atom is -0.326 e. The van der Waals surface area contributed by atoms with E-state index in [2.05, 4.69) is 4.98 Å². The topological polar surface area (TPSA) is 38.9 Å². The van der Waals surface area contributed by atoms with Crippen LogP contribution in [0.25, 0.3) is 10.9 Å². The van der Waals surface area contributed by atoms with Crippen LogP contribution in [0.15, 0.2) is 36.5 Å². The Morgan fingerprint density at radius 3 is 2.50 bits per heavy atom. The molecule has 0 bridgehead atoms. The van der Waals surface area contributed by atoms with E-state index in [-0.39, 0.29) is 24.8 Å². The van der Waals surface area contributed by atoms with Crippen LogP contribution >= 0.6 is 24.8 Å². The van der Waals surface area contributed by atoms with Crippen LogP contribution in [-0.2, 0) is 6.54 Å². The molecule has 76 valence electrons. The molecule has 0 aliphatic heterocycles. The van der Waals surface area contributed by atoms with Gasteiger partial charge in [-0.05, 0) is 17.7 Å². The maximum atomic E-state index is 5.59. The van der Waals surface area contributed by atoms with E-state index in [1.165, 1.54) is 0 Å². The highest BCUT2D eigenvalue weighted by molar-refractivity contribution is 5.85. The van der Waals surface area contributed by atoms with Gasteiger partial charge in [0.15, 0.2) is 0 Å². The number of pyridine rings is 1. The van der Waals surface area contributed by atoms with Crippen molar-refractivity contribution in [2.45, 2.75) is 6.54 Å². The molecule has 0 radical (unpaired) electrons. The van der Waals surface area contributed by atoms with Gasteiger partial charge in [-0.2, -0.15) is 0 Å². The number of para-hydroxylation sites is 1. The molecule has 0 fully saturated rings. The number of fused-ring (bicyclic) bond motifs is 1. The number of hydrogen-bond donors (Lipinski definition) is 1. The number of aromatic nitrogens is 1. The van der Waals surface area contributed by atoms with Gasteiger partial charge in [0.25, 0.3) is 0 Å². The average molecular weight is 231 g/mol. The minimum atomic E-state index is 0. The summed E-state index contributed by atoms with van der Waals surface area (Å²) in [6.45, 7) is 0.572. The summed E-state index contributed by atoms with van der Waals surface area (Å²) in [5.74, 6) is 0. The zero-order valence-electron chi connectivity index (χ0n) is 7.51. The van der Waals surface area contributed by atoms with Crippen LogP contribution in [0.4, 0.5) is 0 Å². The predicted molar refractivity (Wildman–Crippen MR) is 64.1 cm³/mol. The van der Waals surface area contributed by atoms with Gasteiger partial charge in [0.2, 0.25) is 0 Å². The first-order chi connectivity index (χ1) is 5.92. The van der Waals surface area contributed by atoms with Gasteiger partial charge in [-0.25, -0.2) is 0 Å². The van der Waals surface area contributed by atoms with E-state index in [1.807, 2.05) is 30.3 Å². The molecule has 2 aromatic rings. The molecular formula is C10H12Cl2N2. The molecular weight excluding hydrogens is 219 g/mol. The molecule has 14 heavy (non-hydrogen) atoms. The molecule has 0 aliphatic carbocycles. The standard InChI is InChI=1S/C10H10N2.2ClH/c11-7-8-5-6-12-10-4-2-1-3-9(8)10;;/h1-6H,7,11H2;2*1H. The number of benzene rings is 1. The lowest BCUT2D eigenvalue weighted by molar-refractivity contribution is 1.08. The average Bonchev–Trinajstić information content (AvgIpc) is 2.17. The summed E-state index contributed by atoms with van der Waals surface area (Å²) >= 11 is 0. The normalized spacial score (nSPS) is 8.93. The summed E-state index contributed by atoms with van der Waals surface area (Å²) in [5, 5.41) is 1.16. The van der Waals surface area contributed by atoms with Crippen molar-refractivity contribution in [1.82, 2.24) is 4.98 Å². The molecule has 1 aromatic heterocycles. The van der Waals surface area contributed by atoms with Gasteiger partial charge in [0.1, 0.15) is 0 Å². The Morgan fingerprint density at radius 2 is 1.79 bits per heavy atom. The number of halogens is 2. The van der Waals surface area contributed by atoms with Crippen LogP contribution < -0.4 is 5.73 Å². The summed E-state index contributed by atoms with van der Waals surface area (Å²) in [6.07, 6.45) is 1.80. The van der Waals surface area contributed by atoms with Gasteiger partial charge in [-0.3, -0.25) is 4.98 Å². The van der Waals surface area contributed by atoms with Crippen molar-refractivity contribution in [2.75, 3.05) is 0 Å². The molecule has 2 nitrogen and oxygen atoms in total. The molecule has 0 amide bonds. The van der Waals surface area contributed by atoms with Gasteiger partial charge in [0, 0.05) is 18.1 Å². The maximum absolute atomic E-state index is 5.59. The second-order valence-corrected chi connectivity index (χ2v) is 2.69. The third kappa shape index (κ3) is 2.35. The Kier molecular flexibility index (Phi) is 5.46. The first-order valence-electron chi connectivity index (χ1n) is 3.94. The van der Waals surface area contributed by atoms with Crippen LogP contribution in [0.2, 0.25) is 0 Å². The first-order valence-corrected chi connectivity index (χ1v) is 3.94. The van der Waals surface area contributed by atoms with Gasteiger partial charge in [0.05, 0.1) is 5.52 Å². The second kappa shape index (κ2) is 5.81. The highest BCUT2D eigenvalue weighted by Gasteiger charge is 1.97. The zero-order valence-corrected chi connectivity index (χ0v) is 9.15. The molecule has 2 N–H and O–H groups in total. The van der Waals surface area contributed by atoms with Gasteiger partial charge >= 0.3 is 0 Å². The number of rotatable bonds is 1. The number of hydrogen-bond acceptors (Lipinski definition) is 2. The van der Waals surface area contributed by atoms with Gasteiger partial charge in [-0.15, -0.1) is 24.8 Å². The Balaban J connectivity index is 0.000000845. The van der Waals surface area contributed by atoms with Crippen LogP contribution in [0.1, 0.15) is 5.56 Å². The van der Waals surface area contributed by atoms with Crippen molar-refractivity contribution in [3.63, 3.8) is 0 Å². The summed E-state index contributed by atoms with van der Waals surface area (Å²) in [7, 11) is 0.